The van der Waals surface area contributed by atoms with Gasteiger partial charge in [0.15, 0.2) is 0 Å². The number of anilines is 1. The minimum atomic E-state index is -0.934. The molecular formula is C12H13NO2S. The van der Waals surface area contributed by atoms with E-state index in [1.807, 2.05) is 13.0 Å². The van der Waals surface area contributed by atoms with Crippen molar-refractivity contribution < 1.29 is 9.90 Å². The van der Waals surface area contributed by atoms with Gasteiger partial charge >= 0.3 is 5.97 Å². The summed E-state index contributed by atoms with van der Waals surface area (Å²) in [6, 6.07) is 5.35. The summed E-state index contributed by atoms with van der Waals surface area (Å²) in [7, 11) is 0. The number of terminal acetylenes is 1. The number of aromatic carboxylic acids is 1. The second-order valence-corrected chi connectivity index (χ2v) is 4.28. The number of benzene rings is 1. The fraction of sp³-hybridized carbons (Fsp3) is 0.250. The van der Waals surface area contributed by atoms with Gasteiger partial charge in [-0.05, 0) is 17.9 Å². The monoisotopic (exact) mass is 235 g/mol. The SMILES string of the molecule is C#CCNc1cccc(SCC)c1C(=O)O. The molecule has 0 saturated carbocycles. The number of hydrogen-bond acceptors (Lipinski definition) is 3. The molecule has 0 atom stereocenters. The summed E-state index contributed by atoms with van der Waals surface area (Å²) in [4.78, 5) is 11.9. The Hall–Kier alpha value is -1.60. The number of hydrogen-bond donors (Lipinski definition) is 2. The van der Waals surface area contributed by atoms with Gasteiger partial charge in [0, 0.05) is 4.90 Å². The maximum Gasteiger partial charge on any atom is 0.338 e. The predicted octanol–water partition coefficient (Wildman–Crippen LogP) is 2.54. The van der Waals surface area contributed by atoms with E-state index in [1.165, 1.54) is 11.8 Å². The molecule has 0 aliphatic heterocycles. The second-order valence-electron chi connectivity index (χ2n) is 2.97. The van der Waals surface area contributed by atoms with Crippen LogP contribution >= 0.6 is 11.8 Å². The van der Waals surface area contributed by atoms with Crippen molar-refractivity contribution in [2.75, 3.05) is 17.6 Å². The highest BCUT2D eigenvalue weighted by Gasteiger charge is 2.14. The van der Waals surface area contributed by atoms with Crippen LogP contribution in [0.25, 0.3) is 0 Å². The predicted molar refractivity (Wildman–Crippen MR) is 67.1 cm³/mol. The quantitative estimate of drug-likeness (QED) is 0.608. The smallest absolute Gasteiger partial charge is 0.338 e. The molecule has 16 heavy (non-hydrogen) atoms. The van der Waals surface area contributed by atoms with Crippen LogP contribution in [0.5, 0.6) is 0 Å². The van der Waals surface area contributed by atoms with Gasteiger partial charge in [-0.15, -0.1) is 18.2 Å². The number of carboxylic acids is 1. The highest BCUT2D eigenvalue weighted by molar-refractivity contribution is 7.99. The molecule has 4 heteroatoms. The van der Waals surface area contributed by atoms with E-state index in [4.69, 9.17) is 11.5 Å². The molecule has 2 N–H and O–H groups in total. The van der Waals surface area contributed by atoms with Crippen LogP contribution in [0.15, 0.2) is 23.1 Å². The van der Waals surface area contributed by atoms with Gasteiger partial charge in [0.25, 0.3) is 0 Å². The molecule has 0 aliphatic rings. The highest BCUT2D eigenvalue weighted by Crippen LogP contribution is 2.28. The summed E-state index contributed by atoms with van der Waals surface area (Å²) >= 11 is 1.51. The summed E-state index contributed by atoms with van der Waals surface area (Å²) in [5, 5.41) is 12.1. The van der Waals surface area contributed by atoms with Gasteiger partial charge < -0.3 is 10.4 Å². The van der Waals surface area contributed by atoms with Gasteiger partial charge in [-0.3, -0.25) is 0 Å². The van der Waals surface area contributed by atoms with Gasteiger partial charge in [-0.1, -0.05) is 18.9 Å². The van der Waals surface area contributed by atoms with Crippen molar-refractivity contribution in [3.05, 3.63) is 23.8 Å². The molecule has 1 rings (SSSR count). The normalized spacial score (nSPS) is 9.50. The summed E-state index contributed by atoms with van der Waals surface area (Å²) < 4.78 is 0. The van der Waals surface area contributed by atoms with Crippen molar-refractivity contribution in [3.8, 4) is 12.3 Å². The van der Waals surface area contributed by atoms with E-state index in [-0.39, 0.29) is 0 Å². The molecule has 0 saturated heterocycles. The largest absolute Gasteiger partial charge is 0.478 e. The van der Waals surface area contributed by atoms with Crippen molar-refractivity contribution >= 4 is 23.4 Å². The van der Waals surface area contributed by atoms with Crippen LogP contribution in [0.1, 0.15) is 17.3 Å². The van der Waals surface area contributed by atoms with E-state index < -0.39 is 5.97 Å². The fourth-order valence-electron chi connectivity index (χ4n) is 1.32. The van der Waals surface area contributed by atoms with Gasteiger partial charge in [-0.2, -0.15) is 0 Å². The van der Waals surface area contributed by atoms with Gasteiger partial charge in [0.1, 0.15) is 0 Å². The maximum atomic E-state index is 11.2. The number of carboxylic acid groups (broad SMARTS) is 1. The van der Waals surface area contributed by atoms with E-state index in [2.05, 4.69) is 11.2 Å². The van der Waals surface area contributed by atoms with Crippen LogP contribution in [-0.2, 0) is 0 Å². The molecule has 0 aliphatic carbocycles. The van der Waals surface area contributed by atoms with Crippen molar-refractivity contribution in [2.24, 2.45) is 0 Å². The zero-order valence-electron chi connectivity index (χ0n) is 8.99. The van der Waals surface area contributed by atoms with Gasteiger partial charge in [-0.25, -0.2) is 4.79 Å². The van der Waals surface area contributed by atoms with E-state index in [1.54, 1.807) is 12.1 Å². The van der Waals surface area contributed by atoms with E-state index in [9.17, 15) is 4.79 Å². The molecule has 0 fully saturated rings. The Morgan fingerprint density at radius 3 is 2.94 bits per heavy atom. The van der Waals surface area contributed by atoms with Crippen molar-refractivity contribution in [1.29, 1.82) is 0 Å². The molecular weight excluding hydrogens is 222 g/mol. The Morgan fingerprint density at radius 1 is 1.62 bits per heavy atom. The third kappa shape index (κ3) is 2.94. The summed E-state index contributed by atoms with van der Waals surface area (Å²) in [6.07, 6.45) is 5.13. The van der Waals surface area contributed by atoms with Crippen LogP contribution in [0.2, 0.25) is 0 Å². The van der Waals surface area contributed by atoms with Crippen molar-refractivity contribution in [1.82, 2.24) is 0 Å². The van der Waals surface area contributed by atoms with Crippen LogP contribution in [-0.4, -0.2) is 23.4 Å². The number of carbonyl (C=O) groups is 1. The van der Waals surface area contributed by atoms with Crippen molar-refractivity contribution in [3.63, 3.8) is 0 Å². The first-order valence-electron chi connectivity index (χ1n) is 4.87. The zero-order valence-corrected chi connectivity index (χ0v) is 9.80. The highest BCUT2D eigenvalue weighted by atomic mass is 32.2. The summed E-state index contributed by atoms with van der Waals surface area (Å²) in [5.74, 6) is 2.32. The minimum absolute atomic E-state index is 0.296. The van der Waals surface area contributed by atoms with E-state index in [0.29, 0.717) is 17.8 Å². The molecule has 0 heterocycles. The number of thioether (sulfide) groups is 1. The molecule has 84 valence electrons. The first kappa shape index (κ1) is 12.5. The average Bonchev–Trinajstić information content (AvgIpc) is 2.26. The first-order chi connectivity index (χ1) is 7.70. The third-order valence-electron chi connectivity index (χ3n) is 1.92. The Bertz CT molecular complexity index is 424. The minimum Gasteiger partial charge on any atom is -0.478 e. The maximum absolute atomic E-state index is 11.2. The number of nitrogens with one attached hydrogen (secondary N) is 1. The van der Waals surface area contributed by atoms with Crippen LogP contribution in [0.3, 0.4) is 0 Å². The molecule has 0 aromatic heterocycles. The second kappa shape index (κ2) is 6.09. The summed E-state index contributed by atoms with van der Waals surface area (Å²) in [6.45, 7) is 2.30. The zero-order chi connectivity index (χ0) is 12.0. The lowest BCUT2D eigenvalue weighted by Gasteiger charge is -2.10. The van der Waals surface area contributed by atoms with Gasteiger partial charge in [0.2, 0.25) is 0 Å². The fourth-order valence-corrected chi connectivity index (χ4v) is 2.15. The van der Waals surface area contributed by atoms with E-state index in [0.717, 1.165) is 10.6 Å². The molecule has 0 bridgehead atoms. The lowest BCUT2D eigenvalue weighted by atomic mass is 10.2. The first-order valence-corrected chi connectivity index (χ1v) is 5.85. The topological polar surface area (TPSA) is 49.3 Å². The Kier molecular flexibility index (Phi) is 4.74. The van der Waals surface area contributed by atoms with Crippen LogP contribution in [0, 0.1) is 12.3 Å². The molecule has 1 aromatic carbocycles. The summed E-state index contributed by atoms with van der Waals surface area (Å²) in [5.41, 5.74) is 0.869. The molecule has 0 amide bonds. The third-order valence-corrected chi connectivity index (χ3v) is 2.86. The van der Waals surface area contributed by atoms with Crippen LogP contribution in [0.4, 0.5) is 5.69 Å². The van der Waals surface area contributed by atoms with E-state index >= 15 is 0 Å². The average molecular weight is 235 g/mol. The molecule has 0 spiro atoms. The lowest BCUT2D eigenvalue weighted by Crippen LogP contribution is -2.07. The molecule has 3 nitrogen and oxygen atoms in total. The Labute approximate surface area is 99.2 Å². The van der Waals surface area contributed by atoms with Crippen LogP contribution < -0.4 is 5.32 Å². The molecule has 0 radical (unpaired) electrons. The Morgan fingerprint density at radius 2 is 2.38 bits per heavy atom. The van der Waals surface area contributed by atoms with Gasteiger partial charge in [0.05, 0.1) is 17.8 Å². The van der Waals surface area contributed by atoms with Crippen molar-refractivity contribution in [2.45, 2.75) is 11.8 Å². The lowest BCUT2D eigenvalue weighted by molar-refractivity contribution is 0.0694. The molecule has 0 unspecified atom stereocenters. The number of rotatable bonds is 5. The molecule has 1 aromatic rings. The standard InChI is InChI=1S/C12H13NO2S/c1-3-8-13-9-6-5-7-10(16-4-2)11(9)12(14)15/h1,5-7,13H,4,8H2,2H3,(H,14,15). The Balaban J connectivity index is 3.11.